The van der Waals surface area contributed by atoms with E-state index in [1.54, 1.807) is 48.7 Å². The molecule has 0 saturated carbocycles. The van der Waals surface area contributed by atoms with E-state index in [2.05, 4.69) is 9.89 Å². The Morgan fingerprint density at radius 1 is 1.00 bits per heavy atom. The number of aromatic nitrogens is 1. The normalized spacial score (nSPS) is 11.3. The van der Waals surface area contributed by atoms with Crippen LogP contribution in [0.5, 0.6) is 0 Å². The fraction of sp³-hybridized carbons (Fsp3) is 0. The van der Waals surface area contributed by atoms with E-state index in [4.69, 9.17) is 0 Å². The smallest absolute Gasteiger partial charge is 0.269 e. The van der Waals surface area contributed by atoms with Gasteiger partial charge in [0.15, 0.2) is 0 Å². The molecule has 2 rings (SSSR count). The minimum atomic E-state index is -2.74. The standard InChI is InChI=1S/C12H9BF2N2/c14-13(15)17-12(10-6-2-1-3-7-10)11-8-4-5-9-16-11/h1-9H/b17-12-. The molecule has 0 bridgehead atoms. The van der Waals surface area contributed by atoms with Gasteiger partial charge in [-0.25, -0.2) is 0 Å². The van der Waals surface area contributed by atoms with Crippen LogP contribution >= 0.6 is 0 Å². The fourth-order valence-corrected chi connectivity index (χ4v) is 1.49. The predicted octanol–water partition coefficient (Wildman–Crippen LogP) is 2.84. The highest BCUT2D eigenvalue weighted by Crippen LogP contribution is 2.10. The van der Waals surface area contributed by atoms with Gasteiger partial charge in [-0.05, 0) is 12.1 Å². The maximum atomic E-state index is 12.4. The van der Waals surface area contributed by atoms with E-state index in [0.717, 1.165) is 0 Å². The SMILES string of the molecule is FB(F)/N=C(/c1ccccc1)c1ccccn1. The Balaban J connectivity index is 2.47. The van der Waals surface area contributed by atoms with E-state index in [1.807, 2.05) is 6.07 Å². The Bertz CT molecular complexity index is 459. The average Bonchev–Trinajstić information content (AvgIpc) is 2.38. The highest BCUT2D eigenvalue weighted by Gasteiger charge is 2.16. The van der Waals surface area contributed by atoms with Crippen LogP contribution < -0.4 is 0 Å². The number of benzene rings is 1. The quantitative estimate of drug-likeness (QED) is 0.587. The second-order valence-corrected chi connectivity index (χ2v) is 3.34. The molecular formula is C12H9BF2N2. The monoisotopic (exact) mass is 230 g/mol. The molecule has 0 amide bonds. The summed E-state index contributed by atoms with van der Waals surface area (Å²) >= 11 is 0. The van der Waals surface area contributed by atoms with Crippen LogP contribution in [0.15, 0.2) is 59.6 Å². The molecule has 0 fully saturated rings. The maximum absolute atomic E-state index is 12.4. The third-order valence-electron chi connectivity index (χ3n) is 2.18. The van der Waals surface area contributed by atoms with Crippen molar-refractivity contribution >= 4 is 13.1 Å². The Morgan fingerprint density at radius 2 is 1.71 bits per heavy atom. The molecule has 1 aromatic heterocycles. The van der Waals surface area contributed by atoms with Crippen molar-refractivity contribution in [3.63, 3.8) is 0 Å². The lowest BCUT2D eigenvalue weighted by molar-refractivity contribution is 0.662. The van der Waals surface area contributed by atoms with Gasteiger partial charge >= 0.3 is 7.40 Å². The molecule has 84 valence electrons. The molecule has 1 aromatic carbocycles. The summed E-state index contributed by atoms with van der Waals surface area (Å²) in [4.78, 5) is 7.38. The minimum Gasteiger partial charge on any atom is -0.269 e. The Morgan fingerprint density at radius 3 is 2.29 bits per heavy atom. The lowest BCUT2D eigenvalue weighted by atomic mass is 10.1. The van der Waals surface area contributed by atoms with E-state index in [1.165, 1.54) is 0 Å². The summed E-state index contributed by atoms with van der Waals surface area (Å²) < 4.78 is 24.9. The molecule has 1 heterocycles. The first-order valence-electron chi connectivity index (χ1n) is 5.10. The molecule has 2 aromatic rings. The molecule has 0 spiro atoms. The third kappa shape index (κ3) is 2.97. The summed E-state index contributed by atoms with van der Waals surface area (Å²) in [7, 11) is -2.74. The number of nitrogens with zero attached hydrogens (tertiary/aromatic N) is 2. The van der Waals surface area contributed by atoms with E-state index in [0.29, 0.717) is 11.3 Å². The van der Waals surface area contributed by atoms with Gasteiger partial charge in [0.25, 0.3) is 0 Å². The van der Waals surface area contributed by atoms with Gasteiger partial charge in [0.1, 0.15) is 0 Å². The molecule has 0 aliphatic carbocycles. The van der Waals surface area contributed by atoms with Gasteiger partial charge in [0, 0.05) is 11.8 Å². The molecule has 0 aliphatic rings. The molecule has 17 heavy (non-hydrogen) atoms. The molecule has 0 aliphatic heterocycles. The van der Waals surface area contributed by atoms with Crippen molar-refractivity contribution in [2.75, 3.05) is 0 Å². The second kappa shape index (κ2) is 5.34. The van der Waals surface area contributed by atoms with Gasteiger partial charge in [0.2, 0.25) is 0 Å². The molecule has 0 N–H and O–H groups in total. The van der Waals surface area contributed by atoms with Crippen molar-refractivity contribution < 1.29 is 8.63 Å². The van der Waals surface area contributed by atoms with Crippen LogP contribution in [-0.2, 0) is 0 Å². The minimum absolute atomic E-state index is 0.209. The second-order valence-electron chi connectivity index (χ2n) is 3.34. The van der Waals surface area contributed by atoms with E-state index in [-0.39, 0.29) is 5.71 Å². The molecule has 0 radical (unpaired) electrons. The highest BCUT2D eigenvalue weighted by atomic mass is 19.2. The van der Waals surface area contributed by atoms with Crippen LogP contribution in [0, 0.1) is 0 Å². The number of rotatable bonds is 3. The first-order valence-corrected chi connectivity index (χ1v) is 5.10. The van der Waals surface area contributed by atoms with Crippen molar-refractivity contribution in [3.8, 4) is 0 Å². The van der Waals surface area contributed by atoms with Crippen molar-refractivity contribution in [2.24, 2.45) is 4.90 Å². The van der Waals surface area contributed by atoms with Gasteiger partial charge in [-0.15, -0.1) is 0 Å². The van der Waals surface area contributed by atoms with Gasteiger partial charge in [-0.1, -0.05) is 36.4 Å². The Labute approximate surface area is 98.2 Å². The largest absolute Gasteiger partial charge is 0.692 e. The average molecular weight is 230 g/mol. The van der Waals surface area contributed by atoms with Crippen LogP contribution in [0.25, 0.3) is 0 Å². The summed E-state index contributed by atoms with van der Waals surface area (Å²) in [5.74, 6) is 0. The molecule has 0 atom stereocenters. The number of hydrogen-bond acceptors (Lipinski definition) is 2. The molecule has 0 unspecified atom stereocenters. The zero-order valence-electron chi connectivity index (χ0n) is 8.92. The predicted molar refractivity (Wildman–Crippen MR) is 64.3 cm³/mol. The number of hydrogen-bond donors (Lipinski definition) is 0. The highest BCUT2D eigenvalue weighted by molar-refractivity contribution is 6.44. The van der Waals surface area contributed by atoms with E-state index in [9.17, 15) is 8.63 Å². The van der Waals surface area contributed by atoms with E-state index >= 15 is 0 Å². The number of halogens is 2. The molecule has 0 saturated heterocycles. The van der Waals surface area contributed by atoms with E-state index < -0.39 is 7.40 Å². The van der Waals surface area contributed by atoms with Crippen LogP contribution in [0.4, 0.5) is 8.63 Å². The van der Waals surface area contributed by atoms with Crippen molar-refractivity contribution in [1.29, 1.82) is 0 Å². The molecule has 2 nitrogen and oxygen atoms in total. The lowest BCUT2D eigenvalue weighted by Gasteiger charge is -2.05. The van der Waals surface area contributed by atoms with Crippen molar-refractivity contribution in [1.82, 2.24) is 4.98 Å². The first-order chi connectivity index (χ1) is 8.27. The Kier molecular flexibility index (Phi) is 3.60. The van der Waals surface area contributed by atoms with Gasteiger partial charge in [-0.2, -0.15) is 0 Å². The van der Waals surface area contributed by atoms with Crippen LogP contribution in [0.1, 0.15) is 11.3 Å². The number of pyridine rings is 1. The van der Waals surface area contributed by atoms with Crippen molar-refractivity contribution in [3.05, 3.63) is 66.0 Å². The van der Waals surface area contributed by atoms with Crippen LogP contribution in [0.3, 0.4) is 0 Å². The lowest BCUT2D eigenvalue weighted by Crippen LogP contribution is -2.09. The molecule has 5 heteroatoms. The molecular weight excluding hydrogens is 221 g/mol. The Hall–Kier alpha value is -2.04. The fourth-order valence-electron chi connectivity index (χ4n) is 1.49. The summed E-state index contributed by atoms with van der Waals surface area (Å²) in [6.45, 7) is 0. The zero-order chi connectivity index (χ0) is 12.1. The van der Waals surface area contributed by atoms with Gasteiger partial charge in [-0.3, -0.25) is 18.5 Å². The van der Waals surface area contributed by atoms with Gasteiger partial charge in [0.05, 0.1) is 11.4 Å². The summed E-state index contributed by atoms with van der Waals surface area (Å²) in [6.07, 6.45) is 1.55. The topological polar surface area (TPSA) is 25.2 Å². The first kappa shape index (κ1) is 11.5. The zero-order valence-corrected chi connectivity index (χ0v) is 8.92. The summed E-state index contributed by atoms with van der Waals surface area (Å²) in [6, 6.07) is 14.0. The van der Waals surface area contributed by atoms with Crippen molar-refractivity contribution in [2.45, 2.75) is 0 Å². The summed E-state index contributed by atoms with van der Waals surface area (Å²) in [5.41, 5.74) is 1.28. The summed E-state index contributed by atoms with van der Waals surface area (Å²) in [5, 5.41) is 0. The maximum Gasteiger partial charge on any atom is 0.692 e. The van der Waals surface area contributed by atoms with Crippen LogP contribution in [0.2, 0.25) is 0 Å². The van der Waals surface area contributed by atoms with Crippen LogP contribution in [-0.4, -0.2) is 18.1 Å². The third-order valence-corrected chi connectivity index (χ3v) is 2.18. The van der Waals surface area contributed by atoms with Gasteiger partial charge < -0.3 is 0 Å².